The standard InChI is InChI=1S/C21H29N3O3/c1-16-14-23(15-19(16)22-10-12-27-13-11-22)20(25)8-9-24-18-5-3-2-4-17(18)6-7-21(24)26/h2-5,16,19H,6-15H2,1H3. The van der Waals surface area contributed by atoms with Crippen molar-refractivity contribution in [1.82, 2.24) is 9.80 Å². The molecular formula is C21H29N3O3. The van der Waals surface area contributed by atoms with Crippen LogP contribution in [0.5, 0.6) is 0 Å². The number of nitrogens with zero attached hydrogens (tertiary/aromatic N) is 3. The molecule has 3 aliphatic heterocycles. The Morgan fingerprint density at radius 2 is 1.93 bits per heavy atom. The van der Waals surface area contributed by atoms with Gasteiger partial charge in [0, 0.05) is 57.3 Å². The van der Waals surface area contributed by atoms with Crippen LogP contribution in [0.25, 0.3) is 0 Å². The molecule has 6 heteroatoms. The van der Waals surface area contributed by atoms with Crippen molar-refractivity contribution in [3.05, 3.63) is 29.8 Å². The summed E-state index contributed by atoms with van der Waals surface area (Å²) in [6.07, 6.45) is 1.72. The quantitative estimate of drug-likeness (QED) is 0.806. The van der Waals surface area contributed by atoms with Gasteiger partial charge in [-0.3, -0.25) is 14.5 Å². The molecule has 1 aromatic carbocycles. The topological polar surface area (TPSA) is 53.1 Å². The van der Waals surface area contributed by atoms with E-state index in [-0.39, 0.29) is 11.8 Å². The first kappa shape index (κ1) is 18.4. The smallest absolute Gasteiger partial charge is 0.227 e. The number of fused-ring (bicyclic) bond motifs is 1. The van der Waals surface area contributed by atoms with E-state index in [0.717, 1.165) is 51.5 Å². The summed E-state index contributed by atoms with van der Waals surface area (Å²) in [5.74, 6) is 0.764. The Balaban J connectivity index is 1.35. The largest absolute Gasteiger partial charge is 0.379 e. The monoisotopic (exact) mass is 371 g/mol. The van der Waals surface area contributed by atoms with E-state index in [4.69, 9.17) is 4.74 Å². The third-order valence-corrected chi connectivity index (χ3v) is 6.18. The zero-order chi connectivity index (χ0) is 18.8. The van der Waals surface area contributed by atoms with Gasteiger partial charge in [0.15, 0.2) is 0 Å². The maximum atomic E-state index is 12.8. The van der Waals surface area contributed by atoms with Crippen LogP contribution >= 0.6 is 0 Å². The SMILES string of the molecule is CC1CN(C(=O)CCN2C(=O)CCc3ccccc32)CC1N1CCOCC1. The fourth-order valence-corrected chi connectivity index (χ4v) is 4.64. The molecule has 6 nitrogen and oxygen atoms in total. The fourth-order valence-electron chi connectivity index (χ4n) is 4.64. The number of para-hydroxylation sites is 1. The van der Waals surface area contributed by atoms with Gasteiger partial charge in [-0.05, 0) is 24.0 Å². The molecule has 2 atom stereocenters. The fraction of sp³-hybridized carbons (Fsp3) is 0.619. The zero-order valence-electron chi connectivity index (χ0n) is 16.1. The lowest BCUT2D eigenvalue weighted by molar-refractivity contribution is -0.130. The first-order valence-electron chi connectivity index (χ1n) is 10.1. The highest BCUT2D eigenvalue weighted by Crippen LogP contribution is 2.28. The summed E-state index contributed by atoms with van der Waals surface area (Å²) >= 11 is 0. The lowest BCUT2D eigenvalue weighted by Crippen LogP contribution is -2.47. The Morgan fingerprint density at radius 3 is 2.74 bits per heavy atom. The Kier molecular flexibility index (Phi) is 5.45. The average Bonchev–Trinajstić information content (AvgIpc) is 3.09. The second-order valence-corrected chi connectivity index (χ2v) is 7.92. The summed E-state index contributed by atoms with van der Waals surface area (Å²) in [6, 6.07) is 8.46. The van der Waals surface area contributed by atoms with Crippen molar-refractivity contribution < 1.29 is 14.3 Å². The number of rotatable bonds is 4. The van der Waals surface area contributed by atoms with Gasteiger partial charge >= 0.3 is 0 Å². The van der Waals surface area contributed by atoms with Gasteiger partial charge in [-0.1, -0.05) is 25.1 Å². The van der Waals surface area contributed by atoms with E-state index in [1.807, 2.05) is 23.1 Å². The number of carbonyl (C=O) groups excluding carboxylic acids is 2. The molecule has 3 heterocycles. The normalized spacial score (nSPS) is 26.3. The van der Waals surface area contributed by atoms with Crippen molar-refractivity contribution in [3.63, 3.8) is 0 Å². The predicted molar refractivity (Wildman–Crippen MR) is 104 cm³/mol. The van der Waals surface area contributed by atoms with E-state index in [1.165, 1.54) is 5.56 Å². The minimum atomic E-state index is 0.127. The van der Waals surface area contributed by atoms with E-state index >= 15 is 0 Å². The maximum absolute atomic E-state index is 12.8. The van der Waals surface area contributed by atoms with Gasteiger partial charge in [-0.2, -0.15) is 0 Å². The van der Waals surface area contributed by atoms with E-state index in [2.05, 4.69) is 17.9 Å². The Morgan fingerprint density at radius 1 is 1.15 bits per heavy atom. The number of carbonyl (C=O) groups is 2. The number of hydrogen-bond donors (Lipinski definition) is 0. The summed E-state index contributed by atoms with van der Waals surface area (Å²) < 4.78 is 5.45. The van der Waals surface area contributed by atoms with Crippen molar-refractivity contribution in [2.45, 2.75) is 32.2 Å². The molecule has 4 rings (SSSR count). The number of benzene rings is 1. The number of amides is 2. The van der Waals surface area contributed by atoms with Crippen molar-refractivity contribution in [3.8, 4) is 0 Å². The van der Waals surface area contributed by atoms with Gasteiger partial charge in [-0.15, -0.1) is 0 Å². The van der Waals surface area contributed by atoms with Crippen LogP contribution < -0.4 is 4.90 Å². The molecule has 2 unspecified atom stereocenters. The predicted octanol–water partition coefficient (Wildman–Crippen LogP) is 1.53. The molecule has 0 aromatic heterocycles. The molecule has 0 aliphatic carbocycles. The lowest BCUT2D eigenvalue weighted by Gasteiger charge is -2.34. The third-order valence-electron chi connectivity index (χ3n) is 6.18. The molecule has 2 saturated heterocycles. The van der Waals surface area contributed by atoms with Crippen LogP contribution in [-0.2, 0) is 20.7 Å². The molecule has 0 spiro atoms. The molecule has 0 saturated carbocycles. The van der Waals surface area contributed by atoms with Crippen LogP contribution in [0.15, 0.2) is 24.3 Å². The van der Waals surface area contributed by atoms with E-state index < -0.39 is 0 Å². The summed E-state index contributed by atoms with van der Waals surface area (Å²) in [5, 5.41) is 0. The molecule has 0 bridgehead atoms. The maximum Gasteiger partial charge on any atom is 0.227 e. The van der Waals surface area contributed by atoms with Crippen molar-refractivity contribution >= 4 is 17.5 Å². The van der Waals surface area contributed by atoms with Gasteiger partial charge in [0.25, 0.3) is 0 Å². The second-order valence-electron chi connectivity index (χ2n) is 7.92. The van der Waals surface area contributed by atoms with Crippen LogP contribution in [0, 0.1) is 5.92 Å². The Hall–Kier alpha value is -1.92. The van der Waals surface area contributed by atoms with Gasteiger partial charge in [-0.25, -0.2) is 0 Å². The van der Waals surface area contributed by atoms with Crippen molar-refractivity contribution in [2.75, 3.05) is 50.8 Å². The van der Waals surface area contributed by atoms with Gasteiger partial charge in [0.05, 0.1) is 13.2 Å². The first-order valence-corrected chi connectivity index (χ1v) is 10.1. The molecule has 27 heavy (non-hydrogen) atoms. The minimum Gasteiger partial charge on any atom is -0.379 e. The number of morpholine rings is 1. The molecule has 0 N–H and O–H groups in total. The van der Waals surface area contributed by atoms with Crippen LogP contribution in [0.4, 0.5) is 5.69 Å². The molecular weight excluding hydrogens is 342 g/mol. The van der Waals surface area contributed by atoms with Gasteiger partial charge in [0.2, 0.25) is 11.8 Å². The second kappa shape index (κ2) is 7.98. The van der Waals surface area contributed by atoms with Crippen LogP contribution in [0.1, 0.15) is 25.3 Å². The average molecular weight is 371 g/mol. The Labute approximate surface area is 161 Å². The summed E-state index contributed by atoms with van der Waals surface area (Å²) in [6.45, 7) is 7.79. The van der Waals surface area contributed by atoms with E-state index in [0.29, 0.717) is 31.3 Å². The minimum absolute atomic E-state index is 0.127. The lowest BCUT2D eigenvalue weighted by atomic mass is 10.0. The molecule has 2 amide bonds. The van der Waals surface area contributed by atoms with Crippen LogP contribution in [0.2, 0.25) is 0 Å². The highest BCUT2D eigenvalue weighted by Gasteiger charge is 2.36. The molecule has 1 aromatic rings. The first-order chi connectivity index (χ1) is 13.1. The zero-order valence-corrected chi connectivity index (χ0v) is 16.1. The number of hydrogen-bond acceptors (Lipinski definition) is 4. The number of aryl methyl sites for hydroxylation is 1. The van der Waals surface area contributed by atoms with Crippen LogP contribution in [-0.4, -0.2) is 73.6 Å². The molecule has 3 aliphatic rings. The molecule has 0 radical (unpaired) electrons. The van der Waals surface area contributed by atoms with E-state index in [1.54, 1.807) is 4.90 Å². The summed E-state index contributed by atoms with van der Waals surface area (Å²) in [4.78, 5) is 31.5. The van der Waals surface area contributed by atoms with Gasteiger partial charge in [0.1, 0.15) is 0 Å². The number of likely N-dealkylation sites (tertiary alicyclic amines) is 1. The molecule has 2 fully saturated rings. The van der Waals surface area contributed by atoms with Gasteiger partial charge < -0.3 is 14.5 Å². The highest BCUT2D eigenvalue weighted by atomic mass is 16.5. The van der Waals surface area contributed by atoms with Crippen molar-refractivity contribution in [2.24, 2.45) is 5.92 Å². The van der Waals surface area contributed by atoms with Crippen LogP contribution in [0.3, 0.4) is 0 Å². The summed E-state index contributed by atoms with van der Waals surface area (Å²) in [7, 11) is 0. The number of ether oxygens (including phenoxy) is 1. The highest BCUT2D eigenvalue weighted by molar-refractivity contribution is 5.97. The third kappa shape index (κ3) is 3.87. The Bertz CT molecular complexity index is 702. The van der Waals surface area contributed by atoms with E-state index in [9.17, 15) is 9.59 Å². The van der Waals surface area contributed by atoms with Crippen molar-refractivity contribution in [1.29, 1.82) is 0 Å². The summed E-state index contributed by atoms with van der Waals surface area (Å²) in [5.41, 5.74) is 2.18. The molecule has 146 valence electrons. The number of anilines is 1.